The summed E-state index contributed by atoms with van der Waals surface area (Å²) in [6.07, 6.45) is 4.51. The van der Waals surface area contributed by atoms with Gasteiger partial charge < -0.3 is 10.1 Å². The summed E-state index contributed by atoms with van der Waals surface area (Å²) in [5.74, 6) is 1.35. The fourth-order valence-electron chi connectivity index (χ4n) is 2.03. The Morgan fingerprint density at radius 1 is 1.41 bits per heavy atom. The first-order valence-electron chi connectivity index (χ1n) is 7.95. The normalized spacial score (nSPS) is 14.2. The Kier molecular flexibility index (Phi) is 5.51. The summed E-state index contributed by atoms with van der Waals surface area (Å²) < 4.78 is 5.57. The zero-order valence-electron chi connectivity index (χ0n) is 13.5. The lowest BCUT2D eigenvalue weighted by Gasteiger charge is -2.12. The molecule has 22 heavy (non-hydrogen) atoms. The molecule has 0 aliphatic heterocycles. The van der Waals surface area contributed by atoms with Crippen LogP contribution in [-0.4, -0.2) is 27.5 Å². The molecule has 1 aromatic rings. The number of ether oxygens (including phenoxy) is 1. The number of hydrogen-bond donors (Lipinski definition) is 1. The lowest BCUT2D eigenvalue weighted by molar-refractivity contribution is -0.385. The highest BCUT2D eigenvalue weighted by molar-refractivity contribution is 5.62. The number of anilines is 1. The third-order valence-electron chi connectivity index (χ3n) is 3.33. The third-order valence-corrected chi connectivity index (χ3v) is 3.33. The predicted octanol–water partition coefficient (Wildman–Crippen LogP) is 3.34. The number of nitrogens with zero attached hydrogens (tertiary/aromatic N) is 3. The molecule has 1 aliphatic carbocycles. The van der Waals surface area contributed by atoms with Gasteiger partial charge in [0, 0.05) is 12.5 Å². The SMILES string of the molecule is CCCCOc1nc(CC(C)C)nc(NC2CC2)c1[N+](=O)[O-]. The number of hydrogen-bond acceptors (Lipinski definition) is 6. The van der Waals surface area contributed by atoms with Gasteiger partial charge in [-0.05, 0) is 25.2 Å². The van der Waals surface area contributed by atoms with Crippen LogP contribution in [0.4, 0.5) is 11.5 Å². The fourth-order valence-corrected chi connectivity index (χ4v) is 2.03. The Morgan fingerprint density at radius 3 is 2.68 bits per heavy atom. The van der Waals surface area contributed by atoms with Crippen LogP contribution in [0.15, 0.2) is 0 Å². The second-order valence-corrected chi connectivity index (χ2v) is 6.12. The molecule has 0 atom stereocenters. The van der Waals surface area contributed by atoms with E-state index in [0.29, 0.717) is 30.6 Å². The molecule has 0 spiro atoms. The maximum Gasteiger partial charge on any atom is 0.372 e. The molecule has 0 amide bonds. The molecule has 122 valence electrons. The molecular weight excluding hydrogens is 284 g/mol. The van der Waals surface area contributed by atoms with Crippen LogP contribution in [0.25, 0.3) is 0 Å². The van der Waals surface area contributed by atoms with Crippen molar-refractivity contribution in [1.82, 2.24) is 9.97 Å². The standard InChI is InChI=1S/C15H24N4O3/c1-4-5-8-22-15-13(19(20)21)14(16-11-6-7-11)17-12(18-15)9-10(2)3/h10-11H,4-9H2,1-3H3,(H,16,17,18). The van der Waals surface area contributed by atoms with Gasteiger partial charge in [0.15, 0.2) is 0 Å². The van der Waals surface area contributed by atoms with Crippen LogP contribution in [0.3, 0.4) is 0 Å². The smallest absolute Gasteiger partial charge is 0.372 e. The molecule has 7 nitrogen and oxygen atoms in total. The van der Waals surface area contributed by atoms with Gasteiger partial charge >= 0.3 is 5.69 Å². The molecule has 1 saturated carbocycles. The van der Waals surface area contributed by atoms with E-state index in [1.165, 1.54) is 0 Å². The van der Waals surface area contributed by atoms with E-state index in [1.54, 1.807) is 0 Å². The van der Waals surface area contributed by atoms with Crippen molar-refractivity contribution in [3.63, 3.8) is 0 Å². The van der Waals surface area contributed by atoms with Gasteiger partial charge in [0.1, 0.15) is 5.82 Å². The number of nitrogens with one attached hydrogen (secondary N) is 1. The van der Waals surface area contributed by atoms with E-state index >= 15 is 0 Å². The Morgan fingerprint density at radius 2 is 2.14 bits per heavy atom. The van der Waals surface area contributed by atoms with Crippen molar-refractivity contribution >= 4 is 11.5 Å². The van der Waals surface area contributed by atoms with Crippen LogP contribution in [-0.2, 0) is 6.42 Å². The number of rotatable bonds is 9. The minimum absolute atomic E-state index is 0.0900. The minimum atomic E-state index is -0.453. The van der Waals surface area contributed by atoms with E-state index in [0.717, 1.165) is 25.7 Å². The van der Waals surface area contributed by atoms with Gasteiger partial charge in [-0.25, -0.2) is 4.98 Å². The molecule has 0 unspecified atom stereocenters. The van der Waals surface area contributed by atoms with Crippen LogP contribution < -0.4 is 10.1 Å². The van der Waals surface area contributed by atoms with Gasteiger partial charge in [0.25, 0.3) is 5.88 Å². The molecule has 2 rings (SSSR count). The Hall–Kier alpha value is -1.92. The minimum Gasteiger partial charge on any atom is -0.473 e. The molecule has 1 fully saturated rings. The zero-order valence-corrected chi connectivity index (χ0v) is 13.5. The summed E-state index contributed by atoms with van der Waals surface area (Å²) >= 11 is 0. The molecular formula is C15H24N4O3. The third kappa shape index (κ3) is 4.54. The highest BCUT2D eigenvalue weighted by Crippen LogP contribution is 2.35. The molecule has 0 saturated heterocycles. The van der Waals surface area contributed by atoms with Gasteiger partial charge in [-0.15, -0.1) is 0 Å². The van der Waals surface area contributed by atoms with Crippen LogP contribution in [0.2, 0.25) is 0 Å². The van der Waals surface area contributed by atoms with Crippen LogP contribution in [0.1, 0.15) is 52.3 Å². The van der Waals surface area contributed by atoms with Crippen molar-refractivity contribution in [2.45, 2.75) is 58.9 Å². The molecule has 0 radical (unpaired) electrons. The summed E-state index contributed by atoms with van der Waals surface area (Å²) in [5, 5.41) is 14.6. The molecule has 1 aliphatic rings. The molecule has 7 heteroatoms. The average Bonchev–Trinajstić information content (AvgIpc) is 3.21. The summed E-state index contributed by atoms with van der Waals surface area (Å²) in [6, 6.07) is 0.281. The second-order valence-electron chi connectivity index (χ2n) is 6.12. The van der Waals surface area contributed by atoms with Crippen LogP contribution >= 0.6 is 0 Å². The van der Waals surface area contributed by atoms with E-state index in [2.05, 4.69) is 29.1 Å². The van der Waals surface area contributed by atoms with Crippen LogP contribution in [0, 0.1) is 16.0 Å². The number of nitro groups is 1. The monoisotopic (exact) mass is 308 g/mol. The van der Waals surface area contributed by atoms with Crippen molar-refractivity contribution in [2.24, 2.45) is 5.92 Å². The summed E-state index contributed by atoms with van der Waals surface area (Å²) in [4.78, 5) is 19.6. The zero-order chi connectivity index (χ0) is 16.1. The summed E-state index contributed by atoms with van der Waals surface area (Å²) in [5.41, 5.74) is -0.143. The van der Waals surface area contributed by atoms with Gasteiger partial charge in [-0.1, -0.05) is 27.2 Å². The van der Waals surface area contributed by atoms with Gasteiger partial charge in [0.2, 0.25) is 5.82 Å². The average molecular weight is 308 g/mol. The maximum absolute atomic E-state index is 11.4. The first-order chi connectivity index (χ1) is 10.5. The first kappa shape index (κ1) is 16.5. The molecule has 1 N–H and O–H groups in total. The van der Waals surface area contributed by atoms with Crippen molar-refractivity contribution in [2.75, 3.05) is 11.9 Å². The second kappa shape index (κ2) is 7.38. The summed E-state index contributed by atoms with van der Waals surface area (Å²) in [6.45, 7) is 6.60. The molecule has 0 aromatic carbocycles. The summed E-state index contributed by atoms with van der Waals surface area (Å²) in [7, 11) is 0. The van der Waals surface area contributed by atoms with Crippen molar-refractivity contribution in [3.05, 3.63) is 15.9 Å². The largest absolute Gasteiger partial charge is 0.473 e. The van der Waals surface area contributed by atoms with Crippen LogP contribution in [0.5, 0.6) is 5.88 Å². The number of unbranched alkanes of at least 4 members (excludes halogenated alkanes) is 1. The Labute approximate surface area is 130 Å². The topological polar surface area (TPSA) is 90.2 Å². The Bertz CT molecular complexity index is 530. The van der Waals surface area contributed by atoms with Gasteiger partial charge in [-0.3, -0.25) is 10.1 Å². The quantitative estimate of drug-likeness (QED) is 0.427. The van der Waals surface area contributed by atoms with E-state index in [4.69, 9.17) is 4.74 Å². The lowest BCUT2D eigenvalue weighted by atomic mass is 10.1. The fraction of sp³-hybridized carbons (Fsp3) is 0.733. The molecule has 0 bridgehead atoms. The van der Waals surface area contributed by atoms with E-state index in [1.807, 2.05) is 6.92 Å². The van der Waals surface area contributed by atoms with E-state index < -0.39 is 4.92 Å². The van der Waals surface area contributed by atoms with Gasteiger partial charge in [0.05, 0.1) is 11.5 Å². The first-order valence-corrected chi connectivity index (χ1v) is 7.95. The Balaban J connectivity index is 2.33. The van der Waals surface area contributed by atoms with E-state index in [-0.39, 0.29) is 17.6 Å². The maximum atomic E-state index is 11.4. The van der Waals surface area contributed by atoms with Gasteiger partial charge in [-0.2, -0.15) is 4.98 Å². The number of aromatic nitrogens is 2. The lowest BCUT2D eigenvalue weighted by Crippen LogP contribution is -2.13. The van der Waals surface area contributed by atoms with E-state index in [9.17, 15) is 10.1 Å². The van der Waals surface area contributed by atoms with Crippen molar-refractivity contribution < 1.29 is 9.66 Å². The molecule has 1 heterocycles. The van der Waals surface area contributed by atoms with Crippen molar-refractivity contribution in [1.29, 1.82) is 0 Å². The predicted molar refractivity (Wildman–Crippen MR) is 84.3 cm³/mol. The molecule has 1 aromatic heterocycles. The highest BCUT2D eigenvalue weighted by Gasteiger charge is 2.31. The van der Waals surface area contributed by atoms with Crippen molar-refractivity contribution in [3.8, 4) is 5.88 Å². The highest BCUT2D eigenvalue weighted by atomic mass is 16.6.